The fourth-order valence-electron chi connectivity index (χ4n) is 6.79. The van der Waals surface area contributed by atoms with Crippen LogP contribution < -0.4 is 10.3 Å². The Morgan fingerprint density at radius 2 is 1.93 bits per heavy atom. The van der Waals surface area contributed by atoms with Gasteiger partial charge in [0.1, 0.15) is 12.1 Å². The van der Waals surface area contributed by atoms with Crippen molar-refractivity contribution in [1.29, 1.82) is 5.26 Å². The van der Waals surface area contributed by atoms with E-state index in [1.807, 2.05) is 56.3 Å². The lowest BCUT2D eigenvalue weighted by molar-refractivity contribution is -0.148. The van der Waals surface area contributed by atoms with Gasteiger partial charge in [-0.05, 0) is 54.5 Å². The second-order valence-corrected chi connectivity index (χ2v) is 11.9. The van der Waals surface area contributed by atoms with E-state index in [0.717, 1.165) is 48.2 Å². The zero-order valence-electron chi connectivity index (χ0n) is 23.5. The Kier molecular flexibility index (Phi) is 6.98. The number of rotatable bonds is 3. The minimum atomic E-state index is -0.974. The van der Waals surface area contributed by atoms with Gasteiger partial charge in [-0.1, -0.05) is 55.8 Å². The van der Waals surface area contributed by atoms with Crippen molar-refractivity contribution >= 4 is 29.1 Å². The molecule has 1 unspecified atom stereocenters. The molecule has 4 bridgehead atoms. The number of carbonyl (C=O) groups excluding carboxylic acids is 3. The summed E-state index contributed by atoms with van der Waals surface area (Å²) in [6, 6.07) is 15.6. The highest BCUT2D eigenvalue weighted by Crippen LogP contribution is 2.47. The SMILES string of the molecule is CC(C)[C@H]1C(=O)N2C[C@]3(C[C@H]2C#N)C(=O)Nc2ccc(cc23)CCCCCN1C(=O)C1CN(c2ccccc2)N=N1. The quantitative estimate of drug-likeness (QED) is 0.619. The number of nitriles is 1. The molecule has 41 heavy (non-hydrogen) atoms. The summed E-state index contributed by atoms with van der Waals surface area (Å²) in [4.78, 5) is 45.1. The first kappa shape index (κ1) is 26.9. The van der Waals surface area contributed by atoms with Crippen LogP contribution in [0.25, 0.3) is 0 Å². The first-order valence-corrected chi connectivity index (χ1v) is 14.5. The molecule has 0 aliphatic carbocycles. The summed E-state index contributed by atoms with van der Waals surface area (Å²) < 4.78 is 0. The summed E-state index contributed by atoms with van der Waals surface area (Å²) in [5, 5.41) is 23.4. The lowest BCUT2D eigenvalue weighted by Crippen LogP contribution is -2.57. The van der Waals surface area contributed by atoms with Crippen molar-refractivity contribution in [3.63, 3.8) is 0 Å². The largest absolute Gasteiger partial charge is 0.328 e. The van der Waals surface area contributed by atoms with Crippen LogP contribution in [0.5, 0.6) is 0 Å². The molecule has 2 aromatic rings. The van der Waals surface area contributed by atoms with Gasteiger partial charge in [0.25, 0.3) is 5.91 Å². The number of anilines is 2. The highest BCUT2D eigenvalue weighted by Gasteiger charge is 2.57. The number of para-hydroxylation sites is 1. The first-order valence-electron chi connectivity index (χ1n) is 14.5. The van der Waals surface area contributed by atoms with Crippen molar-refractivity contribution in [3.8, 4) is 6.07 Å². The van der Waals surface area contributed by atoms with E-state index in [2.05, 4.69) is 27.8 Å². The molecule has 0 aromatic heterocycles. The number of nitrogens with zero attached hydrogens (tertiary/aromatic N) is 6. The average molecular weight is 554 g/mol. The topological polar surface area (TPSA) is 121 Å². The Morgan fingerprint density at radius 3 is 2.68 bits per heavy atom. The Balaban J connectivity index is 1.34. The van der Waals surface area contributed by atoms with Gasteiger partial charge in [-0.2, -0.15) is 10.4 Å². The Morgan fingerprint density at radius 1 is 1.12 bits per heavy atom. The van der Waals surface area contributed by atoms with Crippen LogP contribution in [0.1, 0.15) is 50.7 Å². The molecule has 1 saturated heterocycles. The zero-order valence-corrected chi connectivity index (χ0v) is 23.5. The Bertz CT molecular complexity index is 1430. The van der Waals surface area contributed by atoms with Gasteiger partial charge in [-0.3, -0.25) is 14.4 Å². The number of fused-ring (bicyclic) bond motifs is 2. The van der Waals surface area contributed by atoms with Crippen molar-refractivity contribution in [3.05, 3.63) is 59.7 Å². The molecule has 0 radical (unpaired) electrons. The Hall–Kier alpha value is -4.26. The number of nitrogens with one attached hydrogen (secondary N) is 1. The molecule has 10 nitrogen and oxygen atoms in total. The van der Waals surface area contributed by atoms with E-state index >= 15 is 0 Å². The van der Waals surface area contributed by atoms with E-state index in [9.17, 15) is 19.6 Å². The molecular weight excluding hydrogens is 518 g/mol. The monoisotopic (exact) mass is 553 g/mol. The van der Waals surface area contributed by atoms with Gasteiger partial charge in [-0.25, -0.2) is 5.01 Å². The normalized spacial score (nSPS) is 27.7. The summed E-state index contributed by atoms with van der Waals surface area (Å²) in [6.45, 7) is 4.67. The molecule has 6 rings (SSSR count). The minimum absolute atomic E-state index is 0.114. The van der Waals surface area contributed by atoms with Gasteiger partial charge in [-0.15, -0.1) is 0 Å². The fourth-order valence-corrected chi connectivity index (χ4v) is 6.79. The van der Waals surface area contributed by atoms with E-state index in [-0.39, 0.29) is 36.6 Å². The number of carbonyl (C=O) groups is 3. The minimum Gasteiger partial charge on any atom is -0.328 e. The van der Waals surface area contributed by atoms with Crippen LogP contribution in [0.15, 0.2) is 58.9 Å². The number of amides is 3. The fraction of sp³-hybridized carbons (Fsp3) is 0.484. The van der Waals surface area contributed by atoms with Gasteiger partial charge in [0, 0.05) is 25.2 Å². The lowest BCUT2D eigenvalue weighted by Gasteiger charge is -2.37. The molecule has 4 aliphatic heterocycles. The van der Waals surface area contributed by atoms with Gasteiger partial charge in [0.05, 0.1) is 23.7 Å². The van der Waals surface area contributed by atoms with E-state index in [1.54, 1.807) is 14.8 Å². The molecule has 10 heteroatoms. The predicted octanol–water partition coefficient (Wildman–Crippen LogP) is 3.84. The van der Waals surface area contributed by atoms with E-state index in [0.29, 0.717) is 13.1 Å². The highest BCUT2D eigenvalue weighted by molar-refractivity contribution is 6.07. The van der Waals surface area contributed by atoms with E-state index in [4.69, 9.17) is 0 Å². The molecule has 0 saturated carbocycles. The maximum absolute atomic E-state index is 14.4. The summed E-state index contributed by atoms with van der Waals surface area (Å²) in [6.07, 6.45) is 3.64. The van der Waals surface area contributed by atoms with Gasteiger partial charge >= 0.3 is 0 Å². The zero-order chi connectivity index (χ0) is 28.7. The number of benzene rings is 2. The molecule has 3 amide bonds. The van der Waals surface area contributed by atoms with E-state index in [1.165, 1.54) is 0 Å². The van der Waals surface area contributed by atoms with Gasteiger partial charge in [0.15, 0.2) is 6.04 Å². The second-order valence-electron chi connectivity index (χ2n) is 11.9. The number of hydrogen-bond donors (Lipinski definition) is 1. The third-order valence-electron chi connectivity index (χ3n) is 8.92. The third kappa shape index (κ3) is 4.63. The predicted molar refractivity (Wildman–Crippen MR) is 153 cm³/mol. The van der Waals surface area contributed by atoms with Crippen molar-refractivity contribution in [2.75, 3.05) is 30.0 Å². The van der Waals surface area contributed by atoms with Gasteiger partial charge in [0.2, 0.25) is 11.8 Å². The van der Waals surface area contributed by atoms with Crippen molar-refractivity contribution in [1.82, 2.24) is 9.80 Å². The molecule has 1 N–H and O–H groups in total. The summed E-state index contributed by atoms with van der Waals surface area (Å²) in [7, 11) is 0. The summed E-state index contributed by atoms with van der Waals surface area (Å²) in [5.74, 6) is -0.912. The van der Waals surface area contributed by atoms with Crippen LogP contribution in [0.4, 0.5) is 11.4 Å². The van der Waals surface area contributed by atoms with Crippen molar-refractivity contribution in [2.45, 2.75) is 69.5 Å². The second kappa shape index (κ2) is 10.6. The Labute approximate surface area is 240 Å². The maximum atomic E-state index is 14.4. The van der Waals surface area contributed by atoms with Crippen LogP contribution in [-0.4, -0.2) is 65.3 Å². The van der Waals surface area contributed by atoms with Crippen molar-refractivity contribution < 1.29 is 14.4 Å². The van der Waals surface area contributed by atoms with Crippen LogP contribution >= 0.6 is 0 Å². The van der Waals surface area contributed by atoms with Crippen LogP contribution in [-0.2, 0) is 26.2 Å². The molecule has 4 heterocycles. The third-order valence-corrected chi connectivity index (χ3v) is 8.92. The van der Waals surface area contributed by atoms with Crippen molar-refractivity contribution in [2.24, 2.45) is 16.3 Å². The molecule has 2 aromatic carbocycles. The average Bonchev–Trinajstić information content (AvgIpc) is 3.69. The molecular formula is C31H35N7O3. The van der Waals surface area contributed by atoms with Crippen LogP contribution in [0.3, 0.4) is 0 Å². The van der Waals surface area contributed by atoms with Gasteiger partial charge < -0.3 is 15.1 Å². The summed E-state index contributed by atoms with van der Waals surface area (Å²) >= 11 is 0. The standard InChI is InChI=1S/C31H35N7O3/c1-20(2)27-29(40)37-19-31(16-23(37)17-32)24-15-21(12-13-25(24)33-30(31)41)9-5-4-8-14-36(27)28(39)26-18-38(35-34-26)22-10-6-3-7-11-22/h3,6-7,10-13,15,20,23,26-27H,4-5,8-9,14,16,18-19H2,1-2H3,(H,33,41)/t23-,26?,27-,31-/m0/s1. The number of aryl methyl sites for hydroxylation is 1. The molecule has 4 aliphatic rings. The highest BCUT2D eigenvalue weighted by atomic mass is 16.2. The molecule has 1 fully saturated rings. The maximum Gasteiger partial charge on any atom is 0.252 e. The molecule has 1 spiro atoms. The smallest absolute Gasteiger partial charge is 0.252 e. The van der Waals surface area contributed by atoms with Crippen LogP contribution in [0, 0.1) is 17.2 Å². The van der Waals surface area contributed by atoms with E-state index < -0.39 is 23.5 Å². The molecule has 212 valence electrons. The van der Waals surface area contributed by atoms with Crippen LogP contribution in [0.2, 0.25) is 0 Å². The lowest BCUT2D eigenvalue weighted by atomic mass is 9.79. The molecule has 4 atom stereocenters. The first-order chi connectivity index (χ1) is 19.8. The number of hydrogen-bond acceptors (Lipinski definition) is 7. The summed E-state index contributed by atoms with van der Waals surface area (Å²) in [5.41, 5.74) is 2.63.